The second-order valence-corrected chi connectivity index (χ2v) is 8.79. The highest BCUT2D eigenvalue weighted by Gasteiger charge is 2.16. The number of para-hydroxylation sites is 1. The van der Waals surface area contributed by atoms with E-state index < -0.39 is 10.0 Å². The Hall–Kier alpha value is -4.37. The van der Waals surface area contributed by atoms with E-state index in [1.165, 1.54) is 24.5 Å². The van der Waals surface area contributed by atoms with Crippen LogP contribution in [0.3, 0.4) is 0 Å². The van der Waals surface area contributed by atoms with Crippen LogP contribution in [0.2, 0.25) is 0 Å². The van der Waals surface area contributed by atoms with Crippen LogP contribution in [0, 0.1) is 0 Å². The molecule has 9 heteroatoms. The van der Waals surface area contributed by atoms with Gasteiger partial charge in [0.1, 0.15) is 5.82 Å². The zero-order valence-electron chi connectivity index (χ0n) is 17.3. The zero-order valence-corrected chi connectivity index (χ0v) is 18.1. The number of rotatable bonds is 6. The quantitative estimate of drug-likeness (QED) is 0.385. The van der Waals surface area contributed by atoms with Gasteiger partial charge in [-0.15, -0.1) is 0 Å². The van der Waals surface area contributed by atoms with Gasteiger partial charge in [-0.25, -0.2) is 33.1 Å². The standard InChI is InChI=1S/C24H18N6O2S/c31-33(32,30-24-25-15-6-16-26-24)19-13-11-18(12-14-19)27-23-20-9-4-5-10-21(20)28-22(29-23)17-7-2-1-3-8-17/h1-16H,(H,25,26,30)(H,27,28,29). The Morgan fingerprint density at radius 3 is 2.15 bits per heavy atom. The maximum atomic E-state index is 12.6. The summed E-state index contributed by atoms with van der Waals surface area (Å²) in [6.07, 6.45) is 2.93. The number of anilines is 3. The monoisotopic (exact) mass is 454 g/mol. The van der Waals surface area contributed by atoms with Crippen LogP contribution in [-0.4, -0.2) is 28.4 Å². The second kappa shape index (κ2) is 8.64. The van der Waals surface area contributed by atoms with Crippen LogP contribution < -0.4 is 10.0 Å². The number of sulfonamides is 1. The summed E-state index contributed by atoms with van der Waals surface area (Å²) >= 11 is 0. The lowest BCUT2D eigenvalue weighted by Gasteiger charge is -2.12. The number of nitrogens with one attached hydrogen (secondary N) is 2. The lowest BCUT2D eigenvalue weighted by atomic mass is 10.2. The highest BCUT2D eigenvalue weighted by Crippen LogP contribution is 2.27. The molecule has 2 N–H and O–H groups in total. The molecule has 0 atom stereocenters. The molecule has 5 rings (SSSR count). The van der Waals surface area contributed by atoms with Gasteiger partial charge in [0.25, 0.3) is 10.0 Å². The van der Waals surface area contributed by atoms with E-state index in [-0.39, 0.29) is 10.8 Å². The fourth-order valence-corrected chi connectivity index (χ4v) is 4.23. The molecule has 8 nitrogen and oxygen atoms in total. The summed E-state index contributed by atoms with van der Waals surface area (Å²) in [7, 11) is -3.81. The van der Waals surface area contributed by atoms with Gasteiger partial charge in [0.15, 0.2) is 5.82 Å². The van der Waals surface area contributed by atoms with Crippen molar-refractivity contribution in [2.45, 2.75) is 4.90 Å². The lowest BCUT2D eigenvalue weighted by Crippen LogP contribution is -2.14. The van der Waals surface area contributed by atoms with Gasteiger partial charge in [0, 0.05) is 29.0 Å². The molecule has 0 aliphatic rings. The predicted octanol–water partition coefficient (Wildman–Crippen LogP) is 4.63. The zero-order chi connectivity index (χ0) is 22.7. The molecule has 0 aliphatic carbocycles. The van der Waals surface area contributed by atoms with Gasteiger partial charge in [0.05, 0.1) is 10.4 Å². The number of hydrogen-bond acceptors (Lipinski definition) is 7. The predicted molar refractivity (Wildman–Crippen MR) is 128 cm³/mol. The van der Waals surface area contributed by atoms with E-state index in [1.807, 2.05) is 54.6 Å². The smallest absolute Gasteiger partial charge is 0.264 e. The Bertz CT molecular complexity index is 1510. The summed E-state index contributed by atoms with van der Waals surface area (Å²) in [4.78, 5) is 17.3. The van der Waals surface area contributed by atoms with Crippen molar-refractivity contribution in [2.75, 3.05) is 10.0 Å². The van der Waals surface area contributed by atoms with Crippen LogP contribution in [0.4, 0.5) is 17.5 Å². The van der Waals surface area contributed by atoms with Crippen LogP contribution in [-0.2, 0) is 10.0 Å². The molecule has 0 unspecified atom stereocenters. The van der Waals surface area contributed by atoms with E-state index in [0.717, 1.165) is 16.5 Å². The third kappa shape index (κ3) is 4.48. The Balaban J connectivity index is 1.45. The maximum Gasteiger partial charge on any atom is 0.264 e. The summed E-state index contributed by atoms with van der Waals surface area (Å²) in [5.41, 5.74) is 2.40. The molecule has 0 saturated heterocycles. The first-order valence-corrected chi connectivity index (χ1v) is 11.6. The fourth-order valence-electron chi connectivity index (χ4n) is 3.27. The van der Waals surface area contributed by atoms with Crippen molar-refractivity contribution in [2.24, 2.45) is 0 Å². The van der Waals surface area contributed by atoms with E-state index >= 15 is 0 Å². The molecule has 162 valence electrons. The number of hydrogen-bond donors (Lipinski definition) is 2. The highest BCUT2D eigenvalue weighted by atomic mass is 32.2. The van der Waals surface area contributed by atoms with Crippen molar-refractivity contribution >= 4 is 38.4 Å². The highest BCUT2D eigenvalue weighted by molar-refractivity contribution is 7.92. The molecule has 0 amide bonds. The van der Waals surface area contributed by atoms with Gasteiger partial charge in [-0.2, -0.15) is 0 Å². The first kappa shape index (κ1) is 20.5. The Kier molecular flexibility index (Phi) is 5.37. The van der Waals surface area contributed by atoms with Crippen molar-refractivity contribution in [1.82, 2.24) is 19.9 Å². The van der Waals surface area contributed by atoms with Crippen molar-refractivity contribution in [3.63, 3.8) is 0 Å². The van der Waals surface area contributed by atoms with Gasteiger partial charge in [0.2, 0.25) is 5.95 Å². The van der Waals surface area contributed by atoms with E-state index in [2.05, 4.69) is 25.0 Å². The lowest BCUT2D eigenvalue weighted by molar-refractivity contribution is 0.601. The Morgan fingerprint density at radius 1 is 0.697 bits per heavy atom. The van der Waals surface area contributed by atoms with Crippen LogP contribution in [0.15, 0.2) is 102 Å². The second-order valence-electron chi connectivity index (χ2n) is 7.11. The third-order valence-corrected chi connectivity index (χ3v) is 6.20. The normalized spacial score (nSPS) is 11.3. The van der Waals surface area contributed by atoms with Gasteiger partial charge in [-0.05, 0) is 42.5 Å². The average molecular weight is 455 g/mol. The molecule has 0 aliphatic heterocycles. The minimum Gasteiger partial charge on any atom is -0.340 e. The van der Waals surface area contributed by atoms with Crippen molar-refractivity contribution < 1.29 is 8.42 Å². The minimum absolute atomic E-state index is 0.0144. The van der Waals surface area contributed by atoms with Crippen LogP contribution in [0.1, 0.15) is 0 Å². The van der Waals surface area contributed by atoms with Gasteiger partial charge in [-0.3, -0.25) is 0 Å². The molecule has 0 saturated carbocycles. The van der Waals surface area contributed by atoms with Crippen molar-refractivity contribution in [3.8, 4) is 11.4 Å². The summed E-state index contributed by atoms with van der Waals surface area (Å²) in [5.74, 6) is 1.24. The molecule has 0 bridgehead atoms. The number of aromatic nitrogens is 4. The molecule has 5 aromatic rings. The van der Waals surface area contributed by atoms with E-state index in [1.54, 1.807) is 18.2 Å². The molecular formula is C24H18N6O2S. The molecule has 0 fully saturated rings. The molecule has 0 radical (unpaired) electrons. The van der Waals surface area contributed by atoms with Crippen LogP contribution in [0.25, 0.3) is 22.3 Å². The molecule has 2 aromatic heterocycles. The fraction of sp³-hybridized carbons (Fsp3) is 0. The summed E-state index contributed by atoms with van der Waals surface area (Å²) in [6.45, 7) is 0. The Morgan fingerprint density at radius 2 is 1.39 bits per heavy atom. The number of benzene rings is 3. The van der Waals surface area contributed by atoms with E-state index in [9.17, 15) is 8.42 Å². The molecule has 0 spiro atoms. The average Bonchev–Trinajstić information content (AvgIpc) is 2.85. The first-order chi connectivity index (χ1) is 16.1. The topological polar surface area (TPSA) is 110 Å². The molecule has 3 aromatic carbocycles. The molecular weight excluding hydrogens is 436 g/mol. The number of nitrogens with zero attached hydrogens (tertiary/aromatic N) is 4. The largest absolute Gasteiger partial charge is 0.340 e. The van der Waals surface area contributed by atoms with Crippen LogP contribution in [0.5, 0.6) is 0 Å². The first-order valence-electron chi connectivity index (χ1n) is 10.1. The molecule has 2 heterocycles. The Labute approximate surface area is 190 Å². The van der Waals surface area contributed by atoms with Crippen LogP contribution >= 0.6 is 0 Å². The van der Waals surface area contributed by atoms with Crippen molar-refractivity contribution in [1.29, 1.82) is 0 Å². The number of fused-ring (bicyclic) bond motifs is 1. The summed E-state index contributed by atoms with van der Waals surface area (Å²) in [6, 6.07) is 25.4. The van der Waals surface area contributed by atoms with E-state index in [4.69, 9.17) is 4.98 Å². The van der Waals surface area contributed by atoms with Crippen molar-refractivity contribution in [3.05, 3.63) is 97.3 Å². The van der Waals surface area contributed by atoms with Gasteiger partial charge >= 0.3 is 0 Å². The van der Waals surface area contributed by atoms with Gasteiger partial charge in [-0.1, -0.05) is 42.5 Å². The van der Waals surface area contributed by atoms with E-state index in [0.29, 0.717) is 17.3 Å². The maximum absolute atomic E-state index is 12.6. The third-order valence-electron chi connectivity index (χ3n) is 4.85. The summed E-state index contributed by atoms with van der Waals surface area (Å²) < 4.78 is 27.6. The molecule has 33 heavy (non-hydrogen) atoms. The minimum atomic E-state index is -3.81. The summed E-state index contributed by atoms with van der Waals surface area (Å²) in [5, 5.41) is 4.15. The van der Waals surface area contributed by atoms with Gasteiger partial charge < -0.3 is 5.32 Å². The SMILES string of the molecule is O=S(=O)(Nc1ncccn1)c1ccc(Nc2nc(-c3ccccc3)nc3ccccc23)cc1.